The highest BCUT2D eigenvalue weighted by atomic mass is 35.5. The van der Waals surface area contributed by atoms with Crippen LogP contribution in [0.5, 0.6) is 0 Å². The molecule has 0 unspecified atom stereocenters. The molecule has 1 aliphatic carbocycles. The molecule has 0 saturated heterocycles. The summed E-state index contributed by atoms with van der Waals surface area (Å²) in [5, 5.41) is 4.88. The highest BCUT2D eigenvalue weighted by molar-refractivity contribution is 6.35. The Balaban J connectivity index is 1.86. The molecule has 1 N–H and O–H groups in total. The Hall–Kier alpha value is -0.280. The molecule has 0 bridgehead atoms. The van der Waals surface area contributed by atoms with E-state index < -0.39 is 0 Å². The first-order valence-electron chi connectivity index (χ1n) is 5.39. The fraction of sp³-hybridized carbons (Fsp3) is 0.500. The van der Waals surface area contributed by atoms with E-state index in [0.717, 1.165) is 35.0 Å². The van der Waals surface area contributed by atoms with Gasteiger partial charge in [-0.1, -0.05) is 29.3 Å². The number of hydrogen-bond acceptors (Lipinski definition) is 2. The van der Waals surface area contributed by atoms with Crippen LogP contribution in [0.3, 0.4) is 0 Å². The quantitative estimate of drug-likeness (QED) is 0.897. The minimum Gasteiger partial charge on any atom is -0.381 e. The lowest BCUT2D eigenvalue weighted by Gasteiger charge is -2.35. The van der Waals surface area contributed by atoms with Crippen LogP contribution >= 0.6 is 23.2 Å². The van der Waals surface area contributed by atoms with Crippen molar-refractivity contribution in [3.63, 3.8) is 0 Å². The van der Waals surface area contributed by atoms with Gasteiger partial charge in [0, 0.05) is 35.3 Å². The van der Waals surface area contributed by atoms with Crippen molar-refractivity contribution in [2.24, 2.45) is 0 Å². The normalized spacial score (nSPS) is 24.2. The van der Waals surface area contributed by atoms with Crippen LogP contribution < -0.4 is 5.32 Å². The Morgan fingerprint density at radius 1 is 1.31 bits per heavy atom. The molecule has 0 atom stereocenters. The smallest absolute Gasteiger partial charge is 0.0601 e. The van der Waals surface area contributed by atoms with Crippen molar-refractivity contribution in [2.75, 3.05) is 7.11 Å². The number of halogens is 2. The van der Waals surface area contributed by atoms with E-state index in [2.05, 4.69) is 5.32 Å². The van der Waals surface area contributed by atoms with Crippen LogP contribution in [-0.4, -0.2) is 19.3 Å². The van der Waals surface area contributed by atoms with Gasteiger partial charge in [-0.3, -0.25) is 0 Å². The van der Waals surface area contributed by atoms with Crippen molar-refractivity contribution in [2.45, 2.75) is 31.5 Å². The number of ether oxygens (including phenoxy) is 1. The van der Waals surface area contributed by atoms with E-state index in [4.69, 9.17) is 27.9 Å². The lowest BCUT2D eigenvalue weighted by Crippen LogP contribution is -2.44. The molecule has 2 rings (SSSR count). The number of rotatable bonds is 4. The molecule has 1 aromatic rings. The lowest BCUT2D eigenvalue weighted by molar-refractivity contribution is 0.0170. The van der Waals surface area contributed by atoms with Gasteiger partial charge in [0.05, 0.1) is 6.10 Å². The standard InChI is InChI=1S/C12H15Cl2NO/c1-16-9-5-8(6-9)15-7-10-11(13)3-2-4-12(10)14/h2-4,8-9,15H,5-7H2,1H3. The Bertz CT molecular complexity index is 344. The molecule has 4 heteroatoms. The topological polar surface area (TPSA) is 21.3 Å². The Morgan fingerprint density at radius 3 is 2.50 bits per heavy atom. The number of nitrogens with one attached hydrogen (secondary N) is 1. The first kappa shape index (κ1) is 12.2. The monoisotopic (exact) mass is 259 g/mol. The van der Waals surface area contributed by atoms with Crippen molar-refractivity contribution < 1.29 is 4.74 Å². The van der Waals surface area contributed by atoms with Crippen LogP contribution in [0, 0.1) is 0 Å². The molecule has 0 heterocycles. The van der Waals surface area contributed by atoms with E-state index in [0.29, 0.717) is 12.1 Å². The maximum absolute atomic E-state index is 6.08. The number of hydrogen-bond donors (Lipinski definition) is 1. The molecular formula is C12H15Cl2NO. The second-order valence-electron chi connectivity index (χ2n) is 4.11. The van der Waals surface area contributed by atoms with Gasteiger partial charge in [-0.25, -0.2) is 0 Å². The van der Waals surface area contributed by atoms with Gasteiger partial charge in [-0.2, -0.15) is 0 Å². The molecule has 0 amide bonds. The maximum Gasteiger partial charge on any atom is 0.0601 e. The molecule has 0 aliphatic heterocycles. The summed E-state index contributed by atoms with van der Waals surface area (Å²) in [6.45, 7) is 0.722. The van der Waals surface area contributed by atoms with Crippen molar-refractivity contribution in [1.29, 1.82) is 0 Å². The van der Waals surface area contributed by atoms with Gasteiger partial charge in [0.25, 0.3) is 0 Å². The fourth-order valence-electron chi connectivity index (χ4n) is 1.87. The molecule has 0 aromatic heterocycles. The minimum absolute atomic E-state index is 0.416. The van der Waals surface area contributed by atoms with E-state index in [1.807, 2.05) is 18.2 Å². The van der Waals surface area contributed by atoms with Crippen LogP contribution in [0.15, 0.2) is 18.2 Å². The van der Waals surface area contributed by atoms with E-state index in [1.165, 1.54) is 0 Å². The summed E-state index contributed by atoms with van der Waals surface area (Å²) in [5.41, 5.74) is 0.978. The minimum atomic E-state index is 0.416. The second-order valence-corrected chi connectivity index (χ2v) is 4.92. The maximum atomic E-state index is 6.08. The van der Waals surface area contributed by atoms with Crippen LogP contribution in [0.1, 0.15) is 18.4 Å². The third kappa shape index (κ3) is 2.69. The molecule has 16 heavy (non-hydrogen) atoms. The Labute approximate surface area is 106 Å². The molecular weight excluding hydrogens is 245 g/mol. The van der Waals surface area contributed by atoms with Crippen LogP contribution in [-0.2, 0) is 11.3 Å². The number of benzene rings is 1. The largest absolute Gasteiger partial charge is 0.381 e. The predicted octanol–water partition coefficient (Wildman–Crippen LogP) is 3.26. The summed E-state index contributed by atoms with van der Waals surface area (Å²) < 4.78 is 5.22. The Morgan fingerprint density at radius 2 is 1.94 bits per heavy atom. The Kier molecular flexibility index (Phi) is 4.09. The summed E-state index contributed by atoms with van der Waals surface area (Å²) in [4.78, 5) is 0. The van der Waals surface area contributed by atoms with Crippen molar-refractivity contribution in [3.8, 4) is 0 Å². The molecule has 1 saturated carbocycles. The zero-order valence-electron chi connectivity index (χ0n) is 9.17. The van der Waals surface area contributed by atoms with Crippen molar-refractivity contribution in [1.82, 2.24) is 5.32 Å². The van der Waals surface area contributed by atoms with E-state index >= 15 is 0 Å². The zero-order chi connectivity index (χ0) is 11.5. The number of methoxy groups -OCH3 is 1. The average Bonchev–Trinajstić information content (AvgIpc) is 2.19. The molecule has 1 aromatic carbocycles. The van der Waals surface area contributed by atoms with Gasteiger partial charge < -0.3 is 10.1 Å². The van der Waals surface area contributed by atoms with Gasteiger partial charge in [0.15, 0.2) is 0 Å². The highest BCUT2D eigenvalue weighted by Gasteiger charge is 2.28. The van der Waals surface area contributed by atoms with Crippen molar-refractivity contribution >= 4 is 23.2 Å². The summed E-state index contributed by atoms with van der Waals surface area (Å²) in [7, 11) is 1.76. The first-order chi connectivity index (χ1) is 7.70. The van der Waals surface area contributed by atoms with E-state index in [-0.39, 0.29) is 0 Å². The van der Waals surface area contributed by atoms with E-state index in [1.54, 1.807) is 7.11 Å². The third-order valence-electron chi connectivity index (χ3n) is 3.06. The van der Waals surface area contributed by atoms with Gasteiger partial charge in [-0.05, 0) is 25.0 Å². The molecule has 2 nitrogen and oxygen atoms in total. The van der Waals surface area contributed by atoms with Gasteiger partial charge in [-0.15, -0.1) is 0 Å². The highest BCUT2D eigenvalue weighted by Crippen LogP contribution is 2.26. The predicted molar refractivity (Wildman–Crippen MR) is 67.1 cm³/mol. The zero-order valence-corrected chi connectivity index (χ0v) is 10.7. The lowest BCUT2D eigenvalue weighted by atomic mass is 9.89. The molecule has 0 spiro atoms. The van der Waals surface area contributed by atoms with Gasteiger partial charge in [0.2, 0.25) is 0 Å². The molecule has 88 valence electrons. The van der Waals surface area contributed by atoms with Crippen LogP contribution in [0.2, 0.25) is 10.0 Å². The molecule has 1 aliphatic rings. The van der Waals surface area contributed by atoms with Crippen LogP contribution in [0.25, 0.3) is 0 Å². The van der Waals surface area contributed by atoms with Gasteiger partial charge >= 0.3 is 0 Å². The summed E-state index contributed by atoms with van der Waals surface area (Å²) in [6.07, 6.45) is 2.55. The fourth-order valence-corrected chi connectivity index (χ4v) is 2.40. The summed E-state index contributed by atoms with van der Waals surface area (Å²) in [5.74, 6) is 0. The SMILES string of the molecule is COC1CC(NCc2c(Cl)cccc2Cl)C1. The first-order valence-corrected chi connectivity index (χ1v) is 6.15. The average molecular weight is 260 g/mol. The summed E-state index contributed by atoms with van der Waals surface area (Å²) in [6, 6.07) is 6.11. The second kappa shape index (κ2) is 5.37. The van der Waals surface area contributed by atoms with Crippen LogP contribution in [0.4, 0.5) is 0 Å². The van der Waals surface area contributed by atoms with Gasteiger partial charge in [0.1, 0.15) is 0 Å². The van der Waals surface area contributed by atoms with E-state index in [9.17, 15) is 0 Å². The molecule has 0 radical (unpaired) electrons. The summed E-state index contributed by atoms with van der Waals surface area (Å²) >= 11 is 12.2. The van der Waals surface area contributed by atoms with Crippen molar-refractivity contribution in [3.05, 3.63) is 33.8 Å². The molecule has 1 fully saturated rings. The third-order valence-corrected chi connectivity index (χ3v) is 3.77.